The molecule has 122 valence electrons. The number of ether oxygens (including phenoxy) is 2. The Balaban J connectivity index is 2.14. The largest absolute Gasteiger partial charge is 0.497 e. The SMILES string of the molecule is CCCCNC(=O)N1CCSC1c1ccc(OC)cc1OC. The Morgan fingerprint density at radius 2 is 2.23 bits per heavy atom. The van der Waals surface area contributed by atoms with Gasteiger partial charge in [0.15, 0.2) is 0 Å². The smallest absolute Gasteiger partial charge is 0.318 e. The summed E-state index contributed by atoms with van der Waals surface area (Å²) < 4.78 is 10.7. The summed E-state index contributed by atoms with van der Waals surface area (Å²) in [6.45, 7) is 3.59. The van der Waals surface area contributed by atoms with Gasteiger partial charge in [0, 0.05) is 30.5 Å². The molecular formula is C16H24N2O3S. The predicted octanol–water partition coefficient (Wildman–Crippen LogP) is 3.26. The van der Waals surface area contributed by atoms with E-state index in [1.54, 1.807) is 26.0 Å². The normalized spacial score (nSPS) is 17.4. The van der Waals surface area contributed by atoms with Gasteiger partial charge in [0.25, 0.3) is 0 Å². The van der Waals surface area contributed by atoms with Crippen LogP contribution in [0.3, 0.4) is 0 Å². The summed E-state index contributed by atoms with van der Waals surface area (Å²) in [4.78, 5) is 14.2. The van der Waals surface area contributed by atoms with Gasteiger partial charge in [-0.3, -0.25) is 0 Å². The lowest BCUT2D eigenvalue weighted by molar-refractivity contribution is 0.199. The highest BCUT2D eigenvalue weighted by Crippen LogP contribution is 2.42. The van der Waals surface area contributed by atoms with Gasteiger partial charge in [-0.2, -0.15) is 0 Å². The number of urea groups is 1. The van der Waals surface area contributed by atoms with Crippen molar-refractivity contribution in [1.82, 2.24) is 10.2 Å². The van der Waals surface area contributed by atoms with Crippen LogP contribution in [0.25, 0.3) is 0 Å². The number of hydrogen-bond donors (Lipinski definition) is 1. The van der Waals surface area contributed by atoms with E-state index in [1.165, 1.54) is 0 Å². The molecule has 1 aliphatic rings. The first-order valence-electron chi connectivity index (χ1n) is 7.59. The Morgan fingerprint density at radius 3 is 2.91 bits per heavy atom. The average molecular weight is 324 g/mol. The lowest BCUT2D eigenvalue weighted by Gasteiger charge is -2.25. The molecule has 1 heterocycles. The molecular weight excluding hydrogens is 300 g/mol. The quantitative estimate of drug-likeness (QED) is 0.816. The van der Waals surface area contributed by atoms with Gasteiger partial charge in [0.05, 0.1) is 14.2 Å². The summed E-state index contributed by atoms with van der Waals surface area (Å²) in [7, 11) is 3.27. The average Bonchev–Trinajstić information content (AvgIpc) is 3.03. The molecule has 0 bridgehead atoms. The van der Waals surface area contributed by atoms with E-state index >= 15 is 0 Å². The van der Waals surface area contributed by atoms with E-state index in [-0.39, 0.29) is 11.4 Å². The zero-order valence-electron chi connectivity index (χ0n) is 13.4. The number of unbranched alkanes of at least 4 members (excludes halogenated alkanes) is 1. The highest BCUT2D eigenvalue weighted by molar-refractivity contribution is 7.99. The first kappa shape index (κ1) is 16.8. The molecule has 1 aromatic rings. The molecule has 1 saturated heterocycles. The van der Waals surface area contributed by atoms with Crippen molar-refractivity contribution in [3.8, 4) is 11.5 Å². The maximum atomic E-state index is 12.4. The summed E-state index contributed by atoms with van der Waals surface area (Å²) in [5, 5.41) is 2.98. The maximum absolute atomic E-state index is 12.4. The molecule has 2 amide bonds. The van der Waals surface area contributed by atoms with Gasteiger partial charge in [0.2, 0.25) is 0 Å². The van der Waals surface area contributed by atoms with Crippen molar-refractivity contribution >= 4 is 17.8 Å². The topological polar surface area (TPSA) is 50.8 Å². The Hall–Kier alpha value is -1.56. The fourth-order valence-electron chi connectivity index (χ4n) is 2.43. The summed E-state index contributed by atoms with van der Waals surface area (Å²) in [5.41, 5.74) is 1.01. The second-order valence-electron chi connectivity index (χ2n) is 5.11. The minimum absolute atomic E-state index is 0.00122. The molecule has 1 unspecified atom stereocenters. The summed E-state index contributed by atoms with van der Waals surface area (Å²) in [5.74, 6) is 2.44. The van der Waals surface area contributed by atoms with E-state index in [9.17, 15) is 4.79 Å². The number of thioether (sulfide) groups is 1. The van der Waals surface area contributed by atoms with Crippen molar-refractivity contribution in [2.24, 2.45) is 0 Å². The fourth-order valence-corrected chi connectivity index (χ4v) is 3.71. The van der Waals surface area contributed by atoms with Crippen molar-refractivity contribution in [3.63, 3.8) is 0 Å². The Kier molecular flexibility index (Phi) is 6.24. The van der Waals surface area contributed by atoms with Crippen LogP contribution < -0.4 is 14.8 Å². The summed E-state index contributed by atoms with van der Waals surface area (Å²) in [6.07, 6.45) is 2.08. The number of methoxy groups -OCH3 is 2. The Morgan fingerprint density at radius 1 is 1.41 bits per heavy atom. The van der Waals surface area contributed by atoms with Crippen LogP contribution in [0.1, 0.15) is 30.7 Å². The second-order valence-corrected chi connectivity index (χ2v) is 6.30. The molecule has 0 saturated carbocycles. The number of benzene rings is 1. The van der Waals surface area contributed by atoms with Crippen molar-refractivity contribution in [2.75, 3.05) is 33.1 Å². The lowest BCUT2D eigenvalue weighted by atomic mass is 10.1. The minimum atomic E-state index is -0.0116. The predicted molar refractivity (Wildman–Crippen MR) is 89.8 cm³/mol. The van der Waals surface area contributed by atoms with Gasteiger partial charge in [-0.05, 0) is 18.6 Å². The number of nitrogens with zero attached hydrogens (tertiary/aromatic N) is 1. The molecule has 0 radical (unpaired) electrons. The van der Waals surface area contributed by atoms with Crippen molar-refractivity contribution in [1.29, 1.82) is 0 Å². The van der Waals surface area contributed by atoms with Crippen molar-refractivity contribution in [2.45, 2.75) is 25.1 Å². The van der Waals surface area contributed by atoms with Crippen molar-refractivity contribution in [3.05, 3.63) is 23.8 Å². The van der Waals surface area contributed by atoms with Crippen LogP contribution in [-0.2, 0) is 0 Å². The number of amides is 2. The standard InChI is InChI=1S/C16H24N2O3S/c1-4-5-8-17-16(19)18-9-10-22-15(18)13-7-6-12(20-2)11-14(13)21-3/h6-7,11,15H,4-5,8-10H2,1-3H3,(H,17,19). The molecule has 1 aromatic carbocycles. The van der Waals surface area contributed by atoms with Crippen LogP contribution in [0, 0.1) is 0 Å². The van der Waals surface area contributed by atoms with Crippen LogP contribution in [-0.4, -0.2) is 44.0 Å². The highest BCUT2D eigenvalue weighted by atomic mass is 32.2. The first-order chi connectivity index (χ1) is 10.7. The van der Waals surface area contributed by atoms with Gasteiger partial charge < -0.3 is 19.7 Å². The first-order valence-corrected chi connectivity index (χ1v) is 8.64. The number of hydrogen-bond acceptors (Lipinski definition) is 4. The highest BCUT2D eigenvalue weighted by Gasteiger charge is 2.32. The summed E-state index contributed by atoms with van der Waals surface area (Å²) >= 11 is 1.76. The molecule has 2 rings (SSSR count). The van der Waals surface area contributed by atoms with E-state index in [0.717, 1.165) is 48.7 Å². The zero-order valence-corrected chi connectivity index (χ0v) is 14.2. The molecule has 0 aliphatic carbocycles. The maximum Gasteiger partial charge on any atom is 0.318 e. The van der Waals surface area contributed by atoms with Gasteiger partial charge >= 0.3 is 6.03 Å². The van der Waals surface area contributed by atoms with Crippen LogP contribution in [0.15, 0.2) is 18.2 Å². The van der Waals surface area contributed by atoms with E-state index in [2.05, 4.69) is 12.2 Å². The molecule has 1 fully saturated rings. The molecule has 1 N–H and O–H groups in total. The number of rotatable bonds is 6. The van der Waals surface area contributed by atoms with E-state index < -0.39 is 0 Å². The minimum Gasteiger partial charge on any atom is -0.497 e. The monoisotopic (exact) mass is 324 g/mol. The number of nitrogens with one attached hydrogen (secondary N) is 1. The van der Waals surface area contributed by atoms with Crippen LogP contribution in [0.4, 0.5) is 4.79 Å². The van der Waals surface area contributed by atoms with Gasteiger partial charge in [0.1, 0.15) is 16.9 Å². The number of carbonyl (C=O) groups excluding carboxylic acids is 1. The zero-order chi connectivity index (χ0) is 15.9. The molecule has 22 heavy (non-hydrogen) atoms. The van der Waals surface area contributed by atoms with E-state index in [4.69, 9.17) is 9.47 Å². The van der Waals surface area contributed by atoms with Crippen LogP contribution >= 0.6 is 11.8 Å². The molecule has 1 aliphatic heterocycles. The molecule has 0 spiro atoms. The van der Waals surface area contributed by atoms with Crippen LogP contribution in [0.5, 0.6) is 11.5 Å². The fraction of sp³-hybridized carbons (Fsp3) is 0.562. The van der Waals surface area contributed by atoms with Gasteiger partial charge in [-0.25, -0.2) is 4.79 Å². The third-order valence-corrected chi connectivity index (χ3v) is 4.91. The van der Waals surface area contributed by atoms with Crippen LogP contribution in [0.2, 0.25) is 0 Å². The van der Waals surface area contributed by atoms with E-state index in [1.807, 2.05) is 23.1 Å². The van der Waals surface area contributed by atoms with Crippen molar-refractivity contribution < 1.29 is 14.3 Å². The summed E-state index contributed by atoms with van der Waals surface area (Å²) in [6, 6.07) is 5.75. The second kappa shape index (κ2) is 8.17. The number of carbonyl (C=O) groups is 1. The third kappa shape index (κ3) is 3.80. The third-order valence-electron chi connectivity index (χ3n) is 3.67. The molecule has 0 aromatic heterocycles. The van der Waals surface area contributed by atoms with E-state index in [0.29, 0.717) is 0 Å². The molecule has 6 heteroatoms. The van der Waals surface area contributed by atoms with Gasteiger partial charge in [-0.15, -0.1) is 11.8 Å². The molecule has 5 nitrogen and oxygen atoms in total. The Bertz CT molecular complexity index is 510. The lowest BCUT2D eigenvalue weighted by Crippen LogP contribution is -2.39. The Labute approximate surface area is 136 Å². The molecule has 1 atom stereocenters. The van der Waals surface area contributed by atoms with Gasteiger partial charge in [-0.1, -0.05) is 13.3 Å².